The summed E-state index contributed by atoms with van der Waals surface area (Å²) in [6.07, 6.45) is 0. The molecule has 1 unspecified atom stereocenters. The molecule has 0 fully saturated rings. The molecule has 1 aromatic carbocycles. The summed E-state index contributed by atoms with van der Waals surface area (Å²) in [4.78, 5) is 26.7. The van der Waals surface area contributed by atoms with Gasteiger partial charge < -0.3 is 25.5 Å². The van der Waals surface area contributed by atoms with E-state index in [0.717, 1.165) is 0 Å². The highest BCUT2D eigenvalue weighted by Crippen LogP contribution is 2.28. The molecule has 2 heterocycles. The van der Waals surface area contributed by atoms with Crippen LogP contribution in [-0.2, 0) is 4.74 Å². The molecule has 0 aliphatic heterocycles. The summed E-state index contributed by atoms with van der Waals surface area (Å²) in [6, 6.07) is 6.55. The zero-order valence-electron chi connectivity index (χ0n) is 14.1. The maximum Gasteiger partial charge on any atom is 0.290 e. The Bertz CT molecular complexity index is 993. The molecule has 0 radical (unpaired) electrons. The number of aromatic nitrogens is 4. The molecule has 0 saturated heterocycles. The van der Waals surface area contributed by atoms with Gasteiger partial charge in [-0.2, -0.15) is 4.98 Å². The molecule has 1 atom stereocenters. The van der Waals surface area contributed by atoms with Gasteiger partial charge in [-0.05, 0) is 19.1 Å². The van der Waals surface area contributed by atoms with Gasteiger partial charge in [0.15, 0.2) is 11.6 Å². The van der Waals surface area contributed by atoms with E-state index in [1.54, 1.807) is 25.3 Å². The Hall–Kier alpha value is -2.91. The SMILES string of the molecule is COCC(C)Nc1nc(Cl)cc(Oc2cccc3[nH]c(=O)c(N)nc23)n1. The highest BCUT2D eigenvalue weighted by molar-refractivity contribution is 6.29. The number of methoxy groups -OCH3 is 1. The average molecular weight is 377 g/mol. The van der Waals surface area contributed by atoms with Crippen molar-refractivity contribution >= 4 is 34.4 Å². The number of ether oxygens (including phenoxy) is 2. The van der Waals surface area contributed by atoms with Crippen LogP contribution in [0.3, 0.4) is 0 Å². The van der Waals surface area contributed by atoms with Crippen LogP contribution in [0.4, 0.5) is 11.8 Å². The number of anilines is 2. The topological polar surface area (TPSA) is 128 Å². The summed E-state index contributed by atoms with van der Waals surface area (Å²) in [6.45, 7) is 2.40. The first-order valence-corrected chi connectivity index (χ1v) is 8.10. The Morgan fingerprint density at radius 1 is 1.35 bits per heavy atom. The van der Waals surface area contributed by atoms with Crippen molar-refractivity contribution < 1.29 is 9.47 Å². The number of hydrogen-bond acceptors (Lipinski definition) is 8. The van der Waals surface area contributed by atoms with Crippen molar-refractivity contribution in [2.24, 2.45) is 0 Å². The number of nitrogens with zero attached hydrogens (tertiary/aromatic N) is 3. The van der Waals surface area contributed by atoms with Gasteiger partial charge in [0.25, 0.3) is 5.56 Å². The fraction of sp³-hybridized carbons (Fsp3) is 0.250. The Kier molecular flexibility index (Phi) is 5.19. The Labute approximate surface area is 153 Å². The number of halogens is 1. The van der Waals surface area contributed by atoms with Crippen molar-refractivity contribution in [1.29, 1.82) is 0 Å². The fourth-order valence-corrected chi connectivity index (χ4v) is 2.49. The number of rotatable bonds is 6. The summed E-state index contributed by atoms with van der Waals surface area (Å²) in [5.41, 5.74) is 6.04. The zero-order valence-corrected chi connectivity index (χ0v) is 14.9. The zero-order chi connectivity index (χ0) is 18.7. The number of hydrogen-bond donors (Lipinski definition) is 3. The van der Waals surface area contributed by atoms with Crippen molar-refractivity contribution in [3.05, 3.63) is 39.8 Å². The van der Waals surface area contributed by atoms with Gasteiger partial charge in [-0.25, -0.2) is 9.97 Å². The standard InChI is InChI=1S/C16H17ClN6O3/c1-8(7-25-2)19-16-21-11(17)6-12(22-16)26-10-5-3-4-9-13(10)23-14(18)15(24)20-9/h3-6,8H,7H2,1-2H3,(H2,18,23)(H,20,24)(H,19,21,22). The van der Waals surface area contributed by atoms with Crippen LogP contribution in [0.15, 0.2) is 29.1 Å². The Morgan fingerprint density at radius 2 is 2.15 bits per heavy atom. The first kappa shape index (κ1) is 17.9. The lowest BCUT2D eigenvalue weighted by molar-refractivity contribution is 0.190. The number of nitrogens with one attached hydrogen (secondary N) is 2. The van der Waals surface area contributed by atoms with Crippen molar-refractivity contribution in [3.63, 3.8) is 0 Å². The molecule has 0 spiro atoms. The highest BCUT2D eigenvalue weighted by Gasteiger charge is 2.12. The maximum atomic E-state index is 11.6. The largest absolute Gasteiger partial charge is 0.436 e. The molecule has 0 saturated carbocycles. The molecule has 0 bridgehead atoms. The molecule has 3 aromatic rings. The molecule has 26 heavy (non-hydrogen) atoms. The number of nitrogen functional groups attached to an aromatic ring is 1. The molecule has 3 rings (SSSR count). The van der Waals surface area contributed by atoms with Crippen LogP contribution in [0.5, 0.6) is 11.6 Å². The normalized spacial score (nSPS) is 12.1. The lowest BCUT2D eigenvalue weighted by atomic mass is 10.3. The van der Waals surface area contributed by atoms with Crippen molar-refractivity contribution in [2.75, 3.05) is 24.8 Å². The summed E-state index contributed by atoms with van der Waals surface area (Å²) < 4.78 is 10.9. The second kappa shape index (κ2) is 7.54. The van der Waals surface area contributed by atoms with Crippen LogP contribution >= 0.6 is 11.6 Å². The lowest BCUT2D eigenvalue weighted by Crippen LogP contribution is -2.22. The molecule has 0 amide bonds. The smallest absolute Gasteiger partial charge is 0.290 e. The van der Waals surface area contributed by atoms with Gasteiger partial charge in [0.05, 0.1) is 12.1 Å². The van der Waals surface area contributed by atoms with Gasteiger partial charge in [-0.3, -0.25) is 4.79 Å². The summed E-state index contributed by atoms with van der Waals surface area (Å²) >= 11 is 6.06. The van der Waals surface area contributed by atoms with E-state index < -0.39 is 5.56 Å². The first-order chi connectivity index (χ1) is 12.5. The number of H-pyrrole nitrogens is 1. The second-order valence-corrected chi connectivity index (χ2v) is 5.95. The van der Waals surface area contributed by atoms with Crippen molar-refractivity contribution in [2.45, 2.75) is 13.0 Å². The van der Waals surface area contributed by atoms with Crippen molar-refractivity contribution in [3.8, 4) is 11.6 Å². The third-order valence-electron chi connectivity index (χ3n) is 3.39. The van der Waals surface area contributed by atoms with Gasteiger partial charge in [0, 0.05) is 19.2 Å². The molecule has 136 valence electrons. The van der Waals surface area contributed by atoms with Crippen LogP contribution in [0.25, 0.3) is 11.0 Å². The van der Waals surface area contributed by atoms with E-state index in [-0.39, 0.29) is 22.9 Å². The molecule has 10 heteroatoms. The minimum atomic E-state index is -0.460. The summed E-state index contributed by atoms with van der Waals surface area (Å²) in [7, 11) is 1.61. The number of para-hydroxylation sites is 1. The van der Waals surface area contributed by atoms with E-state index in [1.165, 1.54) is 6.07 Å². The van der Waals surface area contributed by atoms with Crippen LogP contribution in [0.1, 0.15) is 6.92 Å². The predicted molar refractivity (Wildman–Crippen MR) is 98.9 cm³/mol. The van der Waals surface area contributed by atoms with E-state index >= 15 is 0 Å². The van der Waals surface area contributed by atoms with Gasteiger partial charge in [0.1, 0.15) is 10.7 Å². The molecule has 0 aliphatic carbocycles. The van der Waals surface area contributed by atoms with Gasteiger partial charge in [0.2, 0.25) is 11.8 Å². The molecule has 4 N–H and O–H groups in total. The number of nitrogens with two attached hydrogens (primary N) is 1. The highest BCUT2D eigenvalue weighted by atomic mass is 35.5. The average Bonchev–Trinajstić information content (AvgIpc) is 2.56. The van der Waals surface area contributed by atoms with Gasteiger partial charge in [-0.1, -0.05) is 17.7 Å². The second-order valence-electron chi connectivity index (χ2n) is 5.56. The molecule has 2 aromatic heterocycles. The number of aromatic amines is 1. The van der Waals surface area contributed by atoms with Crippen LogP contribution in [0, 0.1) is 0 Å². The van der Waals surface area contributed by atoms with E-state index in [1.807, 2.05) is 6.92 Å². The quantitative estimate of drug-likeness (QED) is 0.558. The number of fused-ring (bicyclic) bond motifs is 1. The number of benzene rings is 1. The van der Waals surface area contributed by atoms with E-state index in [2.05, 4.69) is 25.3 Å². The van der Waals surface area contributed by atoms with Crippen molar-refractivity contribution in [1.82, 2.24) is 19.9 Å². The van der Waals surface area contributed by atoms with Crippen LogP contribution in [-0.4, -0.2) is 39.7 Å². The Balaban J connectivity index is 1.94. The van der Waals surface area contributed by atoms with E-state index in [4.69, 9.17) is 26.8 Å². The minimum absolute atomic E-state index is 0.0181. The monoisotopic (exact) mass is 376 g/mol. The summed E-state index contributed by atoms with van der Waals surface area (Å²) in [5.74, 6) is 0.746. The third kappa shape index (κ3) is 4.01. The van der Waals surface area contributed by atoms with Gasteiger partial charge >= 0.3 is 0 Å². The molecular formula is C16H17ClN6O3. The van der Waals surface area contributed by atoms with E-state index in [0.29, 0.717) is 29.3 Å². The van der Waals surface area contributed by atoms with E-state index in [9.17, 15) is 4.79 Å². The third-order valence-corrected chi connectivity index (χ3v) is 3.58. The lowest BCUT2D eigenvalue weighted by Gasteiger charge is -2.14. The van der Waals surface area contributed by atoms with Crippen LogP contribution < -0.4 is 21.3 Å². The van der Waals surface area contributed by atoms with Gasteiger partial charge in [-0.15, -0.1) is 0 Å². The Morgan fingerprint density at radius 3 is 2.92 bits per heavy atom. The molecule has 0 aliphatic rings. The minimum Gasteiger partial charge on any atom is -0.436 e. The first-order valence-electron chi connectivity index (χ1n) is 7.72. The summed E-state index contributed by atoms with van der Waals surface area (Å²) in [5, 5.41) is 3.28. The molecule has 9 nitrogen and oxygen atoms in total. The predicted octanol–water partition coefficient (Wildman–Crippen LogP) is 2.19. The van der Waals surface area contributed by atoms with Crippen LogP contribution in [0.2, 0.25) is 5.15 Å². The maximum absolute atomic E-state index is 11.6. The molecular weight excluding hydrogens is 360 g/mol. The fourth-order valence-electron chi connectivity index (χ4n) is 2.32.